The zero-order valence-electron chi connectivity index (χ0n) is 13.6. The number of halogens is 1. The van der Waals surface area contributed by atoms with Crippen molar-refractivity contribution in [1.29, 1.82) is 0 Å². The Hall–Kier alpha value is -1.17. The van der Waals surface area contributed by atoms with E-state index in [1.165, 1.54) is 32.1 Å². The summed E-state index contributed by atoms with van der Waals surface area (Å²) in [6.07, 6.45) is 7.99. The quantitative estimate of drug-likeness (QED) is 0.823. The van der Waals surface area contributed by atoms with Crippen LogP contribution < -0.4 is 4.90 Å². The van der Waals surface area contributed by atoms with E-state index < -0.39 is 0 Å². The molecule has 0 aromatic carbocycles. The zero-order valence-corrected chi connectivity index (χ0v) is 15.2. The Balaban J connectivity index is 1.97. The molecule has 3 heterocycles. The highest BCUT2D eigenvalue weighted by atomic mass is 79.9. The van der Waals surface area contributed by atoms with Crippen molar-refractivity contribution in [3.8, 4) is 0 Å². The summed E-state index contributed by atoms with van der Waals surface area (Å²) < 4.78 is 2.66. The minimum Gasteiger partial charge on any atom is -0.353 e. The number of fused-ring (bicyclic) bond motifs is 1. The molecule has 2 aromatic heterocycles. The van der Waals surface area contributed by atoms with E-state index in [0.29, 0.717) is 6.04 Å². The van der Waals surface area contributed by atoms with Crippen LogP contribution in [0.1, 0.15) is 46.0 Å². The van der Waals surface area contributed by atoms with Crippen LogP contribution in [0, 0.1) is 5.92 Å². The van der Waals surface area contributed by atoms with E-state index in [0.717, 1.165) is 33.9 Å². The molecule has 120 valence electrons. The first-order valence-electron chi connectivity index (χ1n) is 8.17. The molecule has 1 aliphatic heterocycles. The van der Waals surface area contributed by atoms with Crippen molar-refractivity contribution < 1.29 is 0 Å². The molecule has 1 atom stereocenters. The molecule has 0 aliphatic carbocycles. The van der Waals surface area contributed by atoms with Gasteiger partial charge in [-0.05, 0) is 54.0 Å². The fourth-order valence-electron chi connectivity index (χ4n) is 3.35. The first kappa shape index (κ1) is 15.7. The van der Waals surface area contributed by atoms with E-state index in [1.54, 1.807) is 6.33 Å². The minimum atomic E-state index is 0.585. The maximum absolute atomic E-state index is 4.61. The number of hydrogen-bond donors (Lipinski definition) is 0. The molecular formula is C16H24BrN5. The van der Waals surface area contributed by atoms with Gasteiger partial charge in [0.25, 0.3) is 0 Å². The molecule has 0 spiro atoms. The zero-order chi connectivity index (χ0) is 15.7. The highest BCUT2D eigenvalue weighted by molar-refractivity contribution is 9.10. The Morgan fingerprint density at radius 3 is 2.91 bits per heavy atom. The van der Waals surface area contributed by atoms with Crippen molar-refractivity contribution in [2.45, 2.75) is 52.0 Å². The van der Waals surface area contributed by atoms with Gasteiger partial charge in [-0.3, -0.25) is 0 Å². The summed E-state index contributed by atoms with van der Waals surface area (Å²) in [5.74, 6) is 1.79. The third-order valence-electron chi connectivity index (χ3n) is 4.53. The van der Waals surface area contributed by atoms with Gasteiger partial charge in [0.2, 0.25) is 0 Å². The molecule has 0 amide bonds. The topological polar surface area (TPSA) is 46.8 Å². The van der Waals surface area contributed by atoms with Gasteiger partial charge in [0.05, 0.1) is 5.39 Å². The van der Waals surface area contributed by atoms with Crippen LogP contribution in [-0.4, -0.2) is 32.3 Å². The minimum absolute atomic E-state index is 0.585. The second kappa shape index (κ2) is 6.52. The van der Waals surface area contributed by atoms with Crippen LogP contribution in [0.15, 0.2) is 10.9 Å². The maximum Gasteiger partial charge on any atom is 0.164 e. The van der Waals surface area contributed by atoms with Crippen LogP contribution >= 0.6 is 15.9 Å². The molecule has 22 heavy (non-hydrogen) atoms. The molecule has 1 unspecified atom stereocenters. The van der Waals surface area contributed by atoms with Crippen LogP contribution in [-0.2, 0) is 7.05 Å². The lowest BCUT2D eigenvalue weighted by atomic mass is 9.94. The largest absolute Gasteiger partial charge is 0.353 e. The van der Waals surface area contributed by atoms with Gasteiger partial charge < -0.3 is 4.90 Å². The van der Waals surface area contributed by atoms with Crippen molar-refractivity contribution in [2.75, 3.05) is 11.4 Å². The van der Waals surface area contributed by atoms with Crippen molar-refractivity contribution in [2.24, 2.45) is 13.0 Å². The molecule has 0 bridgehead atoms. The number of rotatable bonds is 4. The van der Waals surface area contributed by atoms with E-state index >= 15 is 0 Å². The number of hydrogen-bond acceptors (Lipinski definition) is 4. The lowest BCUT2D eigenvalue weighted by molar-refractivity contribution is 0.402. The third kappa shape index (κ3) is 2.98. The van der Waals surface area contributed by atoms with Crippen molar-refractivity contribution >= 4 is 32.8 Å². The Labute approximate surface area is 140 Å². The maximum atomic E-state index is 4.61. The molecule has 3 rings (SSSR count). The van der Waals surface area contributed by atoms with Gasteiger partial charge in [-0.1, -0.05) is 13.8 Å². The van der Waals surface area contributed by atoms with Crippen LogP contribution in [0.2, 0.25) is 0 Å². The lowest BCUT2D eigenvalue weighted by Gasteiger charge is -2.37. The number of aryl methyl sites for hydroxylation is 1. The Morgan fingerprint density at radius 2 is 2.14 bits per heavy atom. The van der Waals surface area contributed by atoms with Crippen molar-refractivity contribution in [1.82, 2.24) is 19.7 Å². The van der Waals surface area contributed by atoms with E-state index in [1.807, 2.05) is 11.7 Å². The smallest absolute Gasteiger partial charge is 0.164 e. The molecule has 0 N–H and O–H groups in total. The predicted octanol–water partition coefficient (Wildman–Crippen LogP) is 3.92. The summed E-state index contributed by atoms with van der Waals surface area (Å²) in [7, 11) is 1.93. The highest BCUT2D eigenvalue weighted by Gasteiger charge is 2.27. The van der Waals surface area contributed by atoms with E-state index in [2.05, 4.69) is 49.7 Å². The SMILES string of the molecule is CC(C)CCC1CCCCN1c1ncnc2c1c(Br)nn2C. The Kier molecular flexibility index (Phi) is 4.66. The van der Waals surface area contributed by atoms with Gasteiger partial charge in [-0.25, -0.2) is 14.6 Å². The highest BCUT2D eigenvalue weighted by Crippen LogP contribution is 2.34. The number of nitrogens with zero attached hydrogens (tertiary/aromatic N) is 5. The van der Waals surface area contributed by atoms with Gasteiger partial charge in [-0.2, -0.15) is 5.10 Å². The molecule has 0 radical (unpaired) electrons. The second-order valence-corrected chi connectivity index (χ2v) is 7.38. The normalized spacial score (nSPS) is 19.3. The van der Waals surface area contributed by atoms with Crippen molar-refractivity contribution in [3.05, 3.63) is 10.9 Å². The summed E-state index contributed by atoms with van der Waals surface area (Å²) >= 11 is 3.58. The fraction of sp³-hybridized carbons (Fsp3) is 0.688. The summed E-state index contributed by atoms with van der Waals surface area (Å²) in [6, 6.07) is 0.585. The standard InChI is InChI=1S/C16H24BrN5/c1-11(2)7-8-12-6-4-5-9-22(12)16-13-14(17)20-21(3)15(13)18-10-19-16/h10-12H,4-9H2,1-3H3. The van der Waals surface area contributed by atoms with Crippen LogP contribution in [0.25, 0.3) is 11.0 Å². The molecule has 2 aromatic rings. The van der Waals surface area contributed by atoms with Crippen LogP contribution in [0.4, 0.5) is 5.82 Å². The molecule has 0 saturated carbocycles. The third-order valence-corrected chi connectivity index (χ3v) is 5.09. The fourth-order valence-corrected chi connectivity index (χ4v) is 3.94. The molecular weight excluding hydrogens is 342 g/mol. The van der Waals surface area contributed by atoms with Gasteiger partial charge in [-0.15, -0.1) is 0 Å². The Bertz CT molecular complexity index is 651. The monoisotopic (exact) mass is 365 g/mol. The van der Waals surface area contributed by atoms with Gasteiger partial charge >= 0.3 is 0 Å². The average Bonchev–Trinajstić information content (AvgIpc) is 2.80. The molecule has 5 nitrogen and oxygen atoms in total. The summed E-state index contributed by atoms with van der Waals surface area (Å²) in [5.41, 5.74) is 0.894. The number of piperidine rings is 1. The summed E-state index contributed by atoms with van der Waals surface area (Å²) in [5, 5.41) is 5.49. The molecule has 1 saturated heterocycles. The van der Waals surface area contributed by atoms with Gasteiger partial charge in [0.1, 0.15) is 16.7 Å². The van der Waals surface area contributed by atoms with E-state index in [-0.39, 0.29) is 0 Å². The van der Waals surface area contributed by atoms with Crippen LogP contribution in [0.3, 0.4) is 0 Å². The van der Waals surface area contributed by atoms with Gasteiger partial charge in [0.15, 0.2) is 5.65 Å². The van der Waals surface area contributed by atoms with Crippen molar-refractivity contribution in [3.63, 3.8) is 0 Å². The van der Waals surface area contributed by atoms with E-state index in [9.17, 15) is 0 Å². The lowest BCUT2D eigenvalue weighted by Crippen LogP contribution is -2.40. The molecule has 1 fully saturated rings. The van der Waals surface area contributed by atoms with Gasteiger partial charge in [0, 0.05) is 19.6 Å². The average molecular weight is 366 g/mol. The Morgan fingerprint density at radius 1 is 1.32 bits per heavy atom. The second-order valence-electron chi connectivity index (χ2n) is 6.62. The summed E-state index contributed by atoms with van der Waals surface area (Å²) in [6.45, 7) is 5.68. The summed E-state index contributed by atoms with van der Waals surface area (Å²) in [4.78, 5) is 11.5. The molecule has 1 aliphatic rings. The van der Waals surface area contributed by atoms with Crippen LogP contribution in [0.5, 0.6) is 0 Å². The predicted molar refractivity (Wildman–Crippen MR) is 93.1 cm³/mol. The van der Waals surface area contributed by atoms with E-state index in [4.69, 9.17) is 0 Å². The number of anilines is 1. The molecule has 6 heteroatoms. The first-order valence-corrected chi connectivity index (χ1v) is 8.97. The number of aromatic nitrogens is 4. The first-order chi connectivity index (χ1) is 10.6.